The van der Waals surface area contributed by atoms with Crippen molar-refractivity contribution in [3.63, 3.8) is 0 Å². The van der Waals surface area contributed by atoms with E-state index in [0.717, 1.165) is 17.0 Å². The van der Waals surface area contributed by atoms with Crippen LogP contribution in [0.15, 0.2) is 19.0 Å². The van der Waals surface area contributed by atoms with E-state index in [-0.39, 0.29) is 0 Å². The minimum absolute atomic E-state index is 0.612. The highest BCUT2D eigenvalue weighted by Crippen LogP contribution is 2.18. The van der Waals surface area contributed by atoms with Gasteiger partial charge >= 0.3 is 0 Å². The Kier molecular flexibility index (Phi) is 3.97. The van der Waals surface area contributed by atoms with Crippen LogP contribution in [0.4, 0.5) is 0 Å². The Bertz CT molecular complexity index is 366. The van der Waals surface area contributed by atoms with E-state index in [1.54, 1.807) is 17.0 Å². The summed E-state index contributed by atoms with van der Waals surface area (Å²) in [6.45, 7) is 6.31. The van der Waals surface area contributed by atoms with Gasteiger partial charge in [-0.2, -0.15) is 5.10 Å². The molecule has 0 aliphatic rings. The van der Waals surface area contributed by atoms with Crippen molar-refractivity contribution in [3.8, 4) is 0 Å². The van der Waals surface area contributed by atoms with Gasteiger partial charge in [0.2, 0.25) is 0 Å². The molecule has 1 heterocycles. The van der Waals surface area contributed by atoms with E-state index < -0.39 is 0 Å². The lowest BCUT2D eigenvalue weighted by Crippen LogP contribution is -2.02. The van der Waals surface area contributed by atoms with Crippen molar-refractivity contribution in [2.45, 2.75) is 6.92 Å². The van der Waals surface area contributed by atoms with E-state index in [2.05, 4.69) is 17.0 Å². The van der Waals surface area contributed by atoms with E-state index in [1.807, 2.05) is 27.2 Å². The number of aromatic nitrogens is 2. The number of ether oxygens (including phenoxy) is 1. The zero-order chi connectivity index (χ0) is 11.3. The predicted octanol–water partition coefficient (Wildman–Crippen LogP) is 1.62. The third kappa shape index (κ3) is 2.62. The molecule has 0 radical (unpaired) electrons. The fraction of sp³-hybridized carbons (Fsp3) is 0.364. The zero-order valence-electron chi connectivity index (χ0n) is 9.45. The topological polar surface area (TPSA) is 39.1 Å². The predicted molar refractivity (Wildman–Crippen MR) is 62.0 cm³/mol. The van der Waals surface area contributed by atoms with Crippen molar-refractivity contribution >= 4 is 11.8 Å². The quantitative estimate of drug-likeness (QED) is 0.746. The zero-order valence-corrected chi connectivity index (χ0v) is 9.45. The highest BCUT2D eigenvalue weighted by atomic mass is 16.5. The normalized spacial score (nSPS) is 11.3. The van der Waals surface area contributed by atoms with Gasteiger partial charge in [0.05, 0.1) is 6.61 Å². The average Bonchev–Trinajstić information content (AvgIpc) is 2.59. The molecule has 0 spiro atoms. The molecule has 1 aromatic heterocycles. The van der Waals surface area contributed by atoms with E-state index in [0.29, 0.717) is 6.61 Å². The molecule has 82 valence electrons. The van der Waals surface area contributed by atoms with Crippen molar-refractivity contribution in [1.82, 2.24) is 15.1 Å². The average molecular weight is 207 g/mol. The maximum absolute atomic E-state index is 5.50. The first-order chi connectivity index (χ1) is 7.22. The van der Waals surface area contributed by atoms with E-state index in [9.17, 15) is 0 Å². The Hall–Kier alpha value is -1.71. The molecule has 0 aliphatic heterocycles. The Morgan fingerprint density at radius 1 is 1.73 bits per heavy atom. The van der Waals surface area contributed by atoms with Crippen LogP contribution in [0, 0.1) is 0 Å². The summed E-state index contributed by atoms with van der Waals surface area (Å²) in [5.74, 6) is 0.732. The van der Waals surface area contributed by atoms with Crippen LogP contribution >= 0.6 is 0 Å². The minimum Gasteiger partial charge on any atom is -0.490 e. The lowest BCUT2D eigenvalue weighted by Gasteiger charge is -2.06. The summed E-state index contributed by atoms with van der Waals surface area (Å²) in [5, 5.41) is 7.27. The van der Waals surface area contributed by atoms with Gasteiger partial charge in [-0.05, 0) is 6.92 Å². The molecule has 1 N–H and O–H groups in total. The van der Waals surface area contributed by atoms with Crippen molar-refractivity contribution in [3.05, 3.63) is 30.2 Å². The first-order valence-electron chi connectivity index (χ1n) is 4.89. The van der Waals surface area contributed by atoms with Gasteiger partial charge in [-0.25, -0.2) is 0 Å². The Labute approximate surface area is 90.2 Å². The maximum atomic E-state index is 5.50. The van der Waals surface area contributed by atoms with E-state index >= 15 is 0 Å². The van der Waals surface area contributed by atoms with Gasteiger partial charge in [0.1, 0.15) is 5.69 Å². The number of hydrogen-bond acceptors (Lipinski definition) is 3. The number of nitrogens with one attached hydrogen (secondary N) is 1. The first-order valence-corrected chi connectivity index (χ1v) is 4.89. The summed E-state index contributed by atoms with van der Waals surface area (Å²) in [5.41, 5.74) is 1.77. The van der Waals surface area contributed by atoms with Crippen LogP contribution in [0.2, 0.25) is 0 Å². The van der Waals surface area contributed by atoms with Crippen LogP contribution in [0.25, 0.3) is 11.8 Å². The van der Waals surface area contributed by atoms with Crippen LogP contribution < -0.4 is 5.32 Å². The molecule has 1 rings (SSSR count). The molecule has 4 nitrogen and oxygen atoms in total. The second-order valence-electron chi connectivity index (χ2n) is 3.04. The minimum atomic E-state index is 0.612. The lowest BCUT2D eigenvalue weighted by molar-refractivity contribution is 0.295. The first kappa shape index (κ1) is 11.4. The Morgan fingerprint density at radius 3 is 3.00 bits per heavy atom. The molecular formula is C11H17N3O. The second-order valence-corrected chi connectivity index (χ2v) is 3.04. The SMILES string of the molecule is C=Cc1cn(C)nc1/C(=C\NC)OCC. The number of rotatable bonds is 5. The summed E-state index contributed by atoms with van der Waals surface area (Å²) in [6, 6.07) is 0. The fourth-order valence-corrected chi connectivity index (χ4v) is 1.31. The summed E-state index contributed by atoms with van der Waals surface area (Å²) < 4.78 is 7.24. The van der Waals surface area contributed by atoms with Crippen LogP contribution in [0.3, 0.4) is 0 Å². The third-order valence-electron chi connectivity index (χ3n) is 1.89. The molecule has 0 saturated heterocycles. The second kappa shape index (κ2) is 5.24. The standard InChI is InChI=1S/C11H17N3O/c1-5-9-8-14(4)13-11(9)10(7-12-3)15-6-2/h5,7-8,12H,1,6H2,2-4H3/b10-7+. The molecule has 4 heteroatoms. The highest BCUT2D eigenvalue weighted by Gasteiger charge is 2.11. The molecule has 0 unspecified atom stereocenters. The van der Waals surface area contributed by atoms with Crippen LogP contribution in [-0.4, -0.2) is 23.4 Å². The van der Waals surface area contributed by atoms with Crippen LogP contribution in [0.5, 0.6) is 0 Å². The summed E-state index contributed by atoms with van der Waals surface area (Å²) >= 11 is 0. The molecule has 1 aromatic rings. The van der Waals surface area contributed by atoms with Gasteiger partial charge in [0.25, 0.3) is 0 Å². The molecular weight excluding hydrogens is 190 g/mol. The van der Waals surface area contributed by atoms with Crippen LogP contribution in [-0.2, 0) is 11.8 Å². The lowest BCUT2D eigenvalue weighted by atomic mass is 10.2. The Morgan fingerprint density at radius 2 is 2.47 bits per heavy atom. The molecule has 0 amide bonds. The molecule has 0 saturated carbocycles. The van der Waals surface area contributed by atoms with Crippen molar-refractivity contribution in [1.29, 1.82) is 0 Å². The fourth-order valence-electron chi connectivity index (χ4n) is 1.31. The number of hydrogen-bond donors (Lipinski definition) is 1. The van der Waals surface area contributed by atoms with Gasteiger partial charge in [-0.1, -0.05) is 12.7 Å². The summed E-state index contributed by atoms with van der Waals surface area (Å²) in [6.07, 6.45) is 5.47. The smallest absolute Gasteiger partial charge is 0.162 e. The molecule has 0 bridgehead atoms. The number of nitrogens with zero attached hydrogens (tertiary/aromatic N) is 2. The van der Waals surface area contributed by atoms with Gasteiger partial charge in [0.15, 0.2) is 5.76 Å². The van der Waals surface area contributed by atoms with Crippen LogP contribution in [0.1, 0.15) is 18.2 Å². The van der Waals surface area contributed by atoms with Gasteiger partial charge in [0, 0.05) is 32.1 Å². The monoisotopic (exact) mass is 207 g/mol. The molecule has 0 aromatic carbocycles. The molecule has 0 atom stereocenters. The molecule has 15 heavy (non-hydrogen) atoms. The van der Waals surface area contributed by atoms with E-state index in [1.165, 1.54) is 0 Å². The summed E-state index contributed by atoms with van der Waals surface area (Å²) in [4.78, 5) is 0. The highest BCUT2D eigenvalue weighted by molar-refractivity contribution is 5.66. The largest absolute Gasteiger partial charge is 0.490 e. The van der Waals surface area contributed by atoms with Gasteiger partial charge < -0.3 is 10.1 Å². The van der Waals surface area contributed by atoms with Crippen molar-refractivity contribution < 1.29 is 4.74 Å². The van der Waals surface area contributed by atoms with Gasteiger partial charge in [-0.15, -0.1) is 0 Å². The van der Waals surface area contributed by atoms with Crippen molar-refractivity contribution in [2.75, 3.05) is 13.7 Å². The molecule has 0 fully saturated rings. The molecule has 0 aliphatic carbocycles. The van der Waals surface area contributed by atoms with Gasteiger partial charge in [-0.3, -0.25) is 4.68 Å². The number of aryl methyl sites for hydroxylation is 1. The maximum Gasteiger partial charge on any atom is 0.162 e. The van der Waals surface area contributed by atoms with Crippen molar-refractivity contribution in [2.24, 2.45) is 7.05 Å². The summed E-state index contributed by atoms with van der Waals surface area (Å²) in [7, 11) is 3.70. The Balaban J connectivity index is 3.09. The van der Waals surface area contributed by atoms with E-state index in [4.69, 9.17) is 4.74 Å². The third-order valence-corrected chi connectivity index (χ3v) is 1.89.